The maximum absolute atomic E-state index is 14.3. The number of amides is 1. The molecule has 0 fully saturated rings. The minimum absolute atomic E-state index is 0.125. The van der Waals surface area contributed by atoms with Crippen molar-refractivity contribution in [3.05, 3.63) is 99.0 Å². The molecular formula is C24H21ClFN5O4. The van der Waals surface area contributed by atoms with E-state index in [-0.39, 0.29) is 23.1 Å². The van der Waals surface area contributed by atoms with E-state index in [0.29, 0.717) is 10.6 Å². The molecule has 2 aromatic carbocycles. The highest BCUT2D eigenvalue weighted by Crippen LogP contribution is 2.35. The van der Waals surface area contributed by atoms with Crippen LogP contribution in [0.2, 0.25) is 5.02 Å². The van der Waals surface area contributed by atoms with Gasteiger partial charge < -0.3 is 19.5 Å². The molecule has 0 saturated heterocycles. The molecule has 4 rings (SSSR count). The van der Waals surface area contributed by atoms with Gasteiger partial charge in [-0.3, -0.25) is 14.2 Å². The van der Waals surface area contributed by atoms with E-state index in [1.54, 1.807) is 11.9 Å². The number of nitrogens with zero attached hydrogens (tertiary/aromatic N) is 4. The molecule has 1 amide bonds. The van der Waals surface area contributed by atoms with Gasteiger partial charge in [0.15, 0.2) is 5.69 Å². The van der Waals surface area contributed by atoms with Crippen LogP contribution in [0.1, 0.15) is 27.7 Å². The number of rotatable bonds is 7. The molecule has 180 valence electrons. The van der Waals surface area contributed by atoms with Crippen LogP contribution in [0, 0.1) is 5.82 Å². The number of carbonyl (C=O) groups excluding carboxylic acids is 1. The van der Waals surface area contributed by atoms with Gasteiger partial charge in [-0.15, -0.1) is 0 Å². The monoisotopic (exact) mass is 497 g/mol. The molecule has 9 nitrogen and oxygen atoms in total. The molecular weight excluding hydrogens is 477 g/mol. The molecule has 1 N–H and O–H groups in total. The fourth-order valence-electron chi connectivity index (χ4n) is 3.77. The number of ether oxygens (including phenoxy) is 1. The van der Waals surface area contributed by atoms with E-state index in [1.165, 1.54) is 49.4 Å². The second-order valence-corrected chi connectivity index (χ2v) is 8.02. The lowest BCUT2D eigenvalue weighted by atomic mass is 9.97. The quantitative estimate of drug-likeness (QED) is 0.411. The van der Waals surface area contributed by atoms with Crippen molar-refractivity contribution < 1.29 is 18.4 Å². The van der Waals surface area contributed by atoms with Crippen LogP contribution in [-0.4, -0.2) is 34.8 Å². The molecule has 0 radical (unpaired) electrons. The predicted octanol–water partition coefficient (Wildman–Crippen LogP) is 4.05. The maximum Gasteiger partial charge on any atom is 0.297 e. The summed E-state index contributed by atoms with van der Waals surface area (Å²) in [7, 11) is 4.45. The zero-order valence-corrected chi connectivity index (χ0v) is 19.8. The van der Waals surface area contributed by atoms with Crippen molar-refractivity contribution in [2.24, 2.45) is 7.05 Å². The van der Waals surface area contributed by atoms with Gasteiger partial charge in [0.05, 0.1) is 19.3 Å². The lowest BCUT2D eigenvalue weighted by molar-refractivity contribution is 0.101. The van der Waals surface area contributed by atoms with Gasteiger partial charge in [0.1, 0.15) is 17.8 Å². The molecule has 0 saturated carbocycles. The van der Waals surface area contributed by atoms with E-state index in [9.17, 15) is 14.0 Å². The largest absolute Gasteiger partial charge is 0.489 e. The van der Waals surface area contributed by atoms with E-state index in [2.05, 4.69) is 15.5 Å². The van der Waals surface area contributed by atoms with Crippen LogP contribution in [0.25, 0.3) is 0 Å². The van der Waals surface area contributed by atoms with E-state index in [0.717, 1.165) is 5.56 Å². The summed E-state index contributed by atoms with van der Waals surface area (Å²) in [4.78, 5) is 32.2. The summed E-state index contributed by atoms with van der Waals surface area (Å²) in [5.74, 6) is -1.28. The topological polar surface area (TPSA) is 102 Å². The van der Waals surface area contributed by atoms with E-state index < -0.39 is 23.3 Å². The average molecular weight is 498 g/mol. The molecule has 1 atom stereocenters. The third-order valence-electron chi connectivity index (χ3n) is 5.41. The summed E-state index contributed by atoms with van der Waals surface area (Å²) in [6, 6.07) is 12.6. The van der Waals surface area contributed by atoms with Crippen LogP contribution in [0.4, 0.5) is 16.0 Å². The zero-order valence-electron chi connectivity index (χ0n) is 19.0. The minimum Gasteiger partial charge on any atom is -0.489 e. The number of hydrogen-bond acceptors (Lipinski definition) is 7. The van der Waals surface area contributed by atoms with Crippen molar-refractivity contribution in [3.8, 4) is 5.75 Å². The van der Waals surface area contributed by atoms with Crippen molar-refractivity contribution in [2.45, 2.75) is 6.04 Å². The molecule has 0 aliphatic heterocycles. The van der Waals surface area contributed by atoms with Crippen molar-refractivity contribution in [3.63, 3.8) is 0 Å². The first-order valence-corrected chi connectivity index (χ1v) is 10.8. The van der Waals surface area contributed by atoms with Gasteiger partial charge in [-0.2, -0.15) is 0 Å². The van der Waals surface area contributed by atoms with Crippen molar-refractivity contribution in [2.75, 3.05) is 24.4 Å². The highest BCUT2D eigenvalue weighted by Gasteiger charge is 2.29. The summed E-state index contributed by atoms with van der Waals surface area (Å²) < 4.78 is 25.4. The van der Waals surface area contributed by atoms with E-state index in [1.807, 2.05) is 30.3 Å². The predicted molar refractivity (Wildman–Crippen MR) is 129 cm³/mol. The molecule has 35 heavy (non-hydrogen) atoms. The number of carbonyl (C=O) groups is 1. The number of methoxy groups -OCH3 is 1. The van der Waals surface area contributed by atoms with Gasteiger partial charge in [-0.05, 0) is 23.8 Å². The number of anilines is 2. The standard InChI is InChI=1S/C24H21ClFN5O4/c1-30(20(14-7-5-4-6-8-14)17-11-15(26)9-10-18(17)25)24-29-19(21(34-3)23(33)31(24)2)22(32)28-16-12-27-35-13-16/h4-13,20H,1-3H3,(H,28,32). The van der Waals surface area contributed by atoms with Crippen LogP contribution in [0.15, 0.2) is 70.3 Å². The van der Waals surface area contributed by atoms with E-state index >= 15 is 0 Å². The van der Waals surface area contributed by atoms with Crippen LogP contribution < -0.4 is 20.5 Å². The third-order valence-corrected chi connectivity index (χ3v) is 5.75. The maximum atomic E-state index is 14.3. The Bertz CT molecular complexity index is 1410. The summed E-state index contributed by atoms with van der Waals surface area (Å²) in [5.41, 5.74) is 0.680. The number of hydrogen-bond donors (Lipinski definition) is 1. The minimum atomic E-state index is -0.697. The van der Waals surface area contributed by atoms with Gasteiger partial charge >= 0.3 is 0 Å². The summed E-state index contributed by atoms with van der Waals surface area (Å²) in [5, 5.41) is 6.43. The smallest absolute Gasteiger partial charge is 0.297 e. The fourth-order valence-corrected chi connectivity index (χ4v) is 3.99. The Labute approximate surface area is 204 Å². The van der Waals surface area contributed by atoms with E-state index in [4.69, 9.17) is 20.9 Å². The zero-order chi connectivity index (χ0) is 25.1. The lowest BCUT2D eigenvalue weighted by Gasteiger charge is -2.32. The average Bonchev–Trinajstić information content (AvgIpc) is 3.36. The normalized spacial score (nSPS) is 11.7. The molecule has 0 bridgehead atoms. The van der Waals surface area contributed by atoms with Crippen LogP contribution in [0.5, 0.6) is 5.75 Å². The molecule has 1 unspecified atom stereocenters. The second kappa shape index (κ2) is 9.98. The van der Waals surface area contributed by atoms with Crippen LogP contribution in [0.3, 0.4) is 0 Å². The Morgan fingerprint density at radius 1 is 1.26 bits per heavy atom. The number of halogens is 2. The molecule has 2 heterocycles. The van der Waals surface area contributed by atoms with Gasteiger partial charge in [0.25, 0.3) is 11.5 Å². The Morgan fingerprint density at radius 2 is 2.00 bits per heavy atom. The Balaban J connectivity index is 1.87. The number of aromatic nitrogens is 3. The van der Waals surface area contributed by atoms with Crippen LogP contribution >= 0.6 is 11.6 Å². The lowest BCUT2D eigenvalue weighted by Crippen LogP contribution is -2.35. The molecule has 0 aliphatic rings. The molecule has 11 heteroatoms. The summed E-state index contributed by atoms with van der Waals surface area (Å²) in [6.07, 6.45) is 2.53. The van der Waals surface area contributed by atoms with Crippen molar-refractivity contribution in [1.82, 2.24) is 14.7 Å². The van der Waals surface area contributed by atoms with Gasteiger partial charge in [0.2, 0.25) is 11.7 Å². The summed E-state index contributed by atoms with van der Waals surface area (Å²) >= 11 is 6.47. The molecule has 4 aromatic rings. The summed E-state index contributed by atoms with van der Waals surface area (Å²) in [6.45, 7) is 0. The number of benzene rings is 2. The molecule has 0 spiro atoms. The van der Waals surface area contributed by atoms with Crippen LogP contribution in [-0.2, 0) is 7.05 Å². The first-order chi connectivity index (χ1) is 16.8. The first-order valence-electron chi connectivity index (χ1n) is 10.4. The Morgan fingerprint density at radius 3 is 2.66 bits per heavy atom. The Hall–Kier alpha value is -4.18. The molecule has 2 aromatic heterocycles. The van der Waals surface area contributed by atoms with Gasteiger partial charge in [-0.1, -0.05) is 47.1 Å². The highest BCUT2D eigenvalue weighted by atomic mass is 35.5. The van der Waals surface area contributed by atoms with Crippen molar-refractivity contribution in [1.29, 1.82) is 0 Å². The Kier molecular flexibility index (Phi) is 6.83. The SMILES string of the molecule is COc1c(C(=O)Nc2cnoc2)nc(N(C)C(c2ccccc2)c2cc(F)ccc2Cl)n(C)c1=O. The fraction of sp³-hybridized carbons (Fsp3) is 0.167. The number of nitrogens with one attached hydrogen (secondary N) is 1. The second-order valence-electron chi connectivity index (χ2n) is 7.62. The van der Waals surface area contributed by atoms with Crippen molar-refractivity contribution >= 4 is 29.1 Å². The highest BCUT2D eigenvalue weighted by molar-refractivity contribution is 6.31. The third kappa shape index (κ3) is 4.73. The van der Waals surface area contributed by atoms with Gasteiger partial charge in [0, 0.05) is 24.7 Å². The first kappa shape index (κ1) is 24.0. The molecule has 0 aliphatic carbocycles. The van der Waals surface area contributed by atoms with Gasteiger partial charge in [-0.25, -0.2) is 9.37 Å².